The van der Waals surface area contributed by atoms with Crippen LogP contribution in [0.15, 0.2) is 66.1 Å². The highest BCUT2D eigenvalue weighted by atomic mass is 32.2. The number of urea groups is 1. The second-order valence-electron chi connectivity index (χ2n) is 9.14. The number of piperidine rings is 1. The van der Waals surface area contributed by atoms with Gasteiger partial charge in [-0.2, -0.15) is 14.3 Å². The van der Waals surface area contributed by atoms with Crippen LogP contribution in [0.4, 0.5) is 9.18 Å². The van der Waals surface area contributed by atoms with Gasteiger partial charge >= 0.3 is 11.9 Å². The Kier molecular flexibility index (Phi) is 6.81. The summed E-state index contributed by atoms with van der Waals surface area (Å²) >= 11 is 1.30. The first-order valence-electron chi connectivity index (χ1n) is 11.9. The zero-order valence-corrected chi connectivity index (χ0v) is 20.1. The summed E-state index contributed by atoms with van der Waals surface area (Å²) in [5.41, 5.74) is 2.10. The summed E-state index contributed by atoms with van der Waals surface area (Å²) < 4.78 is 15.6. The number of nitrogens with zero attached hydrogens (tertiary/aromatic N) is 3. The van der Waals surface area contributed by atoms with E-state index in [1.54, 1.807) is 29.7 Å². The van der Waals surface area contributed by atoms with Crippen LogP contribution < -0.4 is 0 Å². The molecule has 35 heavy (non-hydrogen) atoms. The van der Waals surface area contributed by atoms with E-state index in [0.717, 1.165) is 24.2 Å². The fourth-order valence-corrected chi connectivity index (χ4v) is 5.89. The fourth-order valence-electron chi connectivity index (χ4n) is 4.92. The lowest BCUT2D eigenvalue weighted by Gasteiger charge is -2.32. The number of halogens is 1. The van der Waals surface area contributed by atoms with E-state index in [-0.39, 0.29) is 30.5 Å². The lowest BCUT2D eigenvalue weighted by Crippen LogP contribution is -2.56. The molecule has 1 atom stereocenters. The van der Waals surface area contributed by atoms with Gasteiger partial charge in [0.05, 0.1) is 0 Å². The molecule has 3 heterocycles. The molecule has 5 rings (SSSR count). The van der Waals surface area contributed by atoms with Gasteiger partial charge < -0.3 is 4.90 Å². The molecule has 6 nitrogen and oxygen atoms in total. The van der Waals surface area contributed by atoms with Gasteiger partial charge in [-0.25, -0.2) is 9.18 Å². The van der Waals surface area contributed by atoms with Crippen molar-refractivity contribution >= 4 is 35.3 Å². The standard InChI is InChI=1S/C27H27FN3O3S/c28-22-9-5-4-8-21(22)17-31-26(33)25-23(12-15-35-25)30(27(31)34)18-24(32)29-13-10-20(11-14-29)16-19-6-2-1-3-7-19/h1-9,12,15,20,25H,10-11,13-14,16-18H2/q+1. The summed E-state index contributed by atoms with van der Waals surface area (Å²) in [6, 6.07) is 15.9. The number of carbonyl (C=O) groups is 3. The molecule has 2 aromatic carbocycles. The third kappa shape index (κ3) is 4.93. The molecule has 1 fully saturated rings. The van der Waals surface area contributed by atoms with Crippen molar-refractivity contribution in [2.24, 2.45) is 5.92 Å². The van der Waals surface area contributed by atoms with E-state index < -0.39 is 17.1 Å². The molecule has 0 saturated carbocycles. The normalized spacial score (nSPS) is 20.5. The number of amides is 4. The van der Waals surface area contributed by atoms with Crippen LogP contribution in [0.3, 0.4) is 0 Å². The van der Waals surface area contributed by atoms with Gasteiger partial charge in [0, 0.05) is 18.7 Å². The Balaban J connectivity index is 1.27. The molecule has 2 aromatic rings. The predicted molar refractivity (Wildman–Crippen MR) is 132 cm³/mol. The van der Waals surface area contributed by atoms with E-state index in [0.29, 0.717) is 24.7 Å². The van der Waals surface area contributed by atoms with Gasteiger partial charge in [-0.15, -0.1) is 11.8 Å². The largest absolute Gasteiger partial charge is 0.501 e. The van der Waals surface area contributed by atoms with Crippen LogP contribution in [0.5, 0.6) is 0 Å². The number of carbonyl (C=O) groups excluding carboxylic acids is 3. The first-order valence-corrected chi connectivity index (χ1v) is 12.8. The molecule has 0 radical (unpaired) electrons. The minimum Gasteiger partial charge on any atom is -0.339 e. The second kappa shape index (κ2) is 10.2. The Bertz CT molecular complexity index is 1210. The number of thioether (sulfide) groups is 1. The number of likely N-dealkylation sites (tertiary alicyclic amines) is 1. The molecule has 0 aromatic heterocycles. The van der Waals surface area contributed by atoms with Gasteiger partial charge in [0.15, 0.2) is 11.8 Å². The molecular weight excluding hydrogens is 465 g/mol. The van der Waals surface area contributed by atoms with Crippen molar-refractivity contribution in [2.75, 3.05) is 19.6 Å². The van der Waals surface area contributed by atoms with E-state index in [1.165, 1.54) is 28.0 Å². The SMILES string of the molecule is O=C(C[N+]1=C2C=CSC2C(=O)N(Cc2ccccc2F)C1=O)N1CCC(Cc2ccccc2)CC1. The number of benzene rings is 2. The van der Waals surface area contributed by atoms with E-state index in [2.05, 4.69) is 12.1 Å². The predicted octanol–water partition coefficient (Wildman–Crippen LogP) is 3.85. The number of hydrogen-bond donors (Lipinski definition) is 0. The molecular formula is C27H27FN3O3S+. The lowest BCUT2D eigenvalue weighted by atomic mass is 9.90. The number of imide groups is 1. The molecule has 180 valence electrons. The van der Waals surface area contributed by atoms with Crippen LogP contribution >= 0.6 is 11.8 Å². The van der Waals surface area contributed by atoms with Crippen molar-refractivity contribution in [1.82, 2.24) is 9.80 Å². The maximum atomic E-state index is 14.2. The first kappa shape index (κ1) is 23.5. The van der Waals surface area contributed by atoms with Gasteiger partial charge in [-0.05, 0) is 48.3 Å². The molecule has 0 N–H and O–H groups in total. The highest BCUT2D eigenvalue weighted by Crippen LogP contribution is 2.29. The zero-order chi connectivity index (χ0) is 24.4. The Hall–Kier alpha value is -3.26. The second-order valence-corrected chi connectivity index (χ2v) is 10.2. The highest BCUT2D eigenvalue weighted by Gasteiger charge is 2.49. The van der Waals surface area contributed by atoms with Gasteiger partial charge in [0.1, 0.15) is 18.1 Å². The van der Waals surface area contributed by atoms with Crippen molar-refractivity contribution in [1.29, 1.82) is 0 Å². The summed E-state index contributed by atoms with van der Waals surface area (Å²) in [7, 11) is 0. The van der Waals surface area contributed by atoms with Crippen LogP contribution in [0.2, 0.25) is 0 Å². The quantitative estimate of drug-likeness (QED) is 0.575. The number of allylic oxidation sites excluding steroid dienone is 1. The Morgan fingerprint density at radius 3 is 2.49 bits per heavy atom. The molecule has 0 bridgehead atoms. The Morgan fingerprint density at radius 2 is 1.74 bits per heavy atom. The first-order chi connectivity index (χ1) is 17.0. The van der Waals surface area contributed by atoms with Crippen LogP contribution in [0.25, 0.3) is 0 Å². The Morgan fingerprint density at radius 1 is 1.03 bits per heavy atom. The fraction of sp³-hybridized carbons (Fsp3) is 0.333. The van der Waals surface area contributed by atoms with Crippen LogP contribution in [0.1, 0.15) is 24.0 Å². The monoisotopic (exact) mass is 492 g/mol. The average molecular weight is 493 g/mol. The zero-order valence-electron chi connectivity index (χ0n) is 19.3. The number of fused-ring (bicyclic) bond motifs is 1. The van der Waals surface area contributed by atoms with Gasteiger partial charge in [0.2, 0.25) is 0 Å². The van der Waals surface area contributed by atoms with Crippen molar-refractivity contribution < 1.29 is 23.3 Å². The smallest absolute Gasteiger partial charge is 0.339 e. The molecule has 4 amide bonds. The van der Waals surface area contributed by atoms with Crippen molar-refractivity contribution in [2.45, 2.75) is 31.1 Å². The van der Waals surface area contributed by atoms with Gasteiger partial charge in [-0.3, -0.25) is 4.79 Å². The number of hydrogen-bond acceptors (Lipinski definition) is 4. The number of rotatable bonds is 6. The van der Waals surface area contributed by atoms with E-state index in [1.807, 2.05) is 23.1 Å². The summed E-state index contributed by atoms with van der Waals surface area (Å²) in [6.45, 7) is 1.02. The highest BCUT2D eigenvalue weighted by molar-refractivity contribution is 8.04. The maximum Gasteiger partial charge on any atom is 0.501 e. The van der Waals surface area contributed by atoms with Gasteiger partial charge in [0.25, 0.3) is 5.91 Å². The van der Waals surface area contributed by atoms with Gasteiger partial charge in [-0.1, -0.05) is 48.5 Å². The summed E-state index contributed by atoms with van der Waals surface area (Å²) in [5.74, 6) is -0.456. The molecule has 1 saturated heterocycles. The van der Waals surface area contributed by atoms with E-state index in [9.17, 15) is 18.8 Å². The van der Waals surface area contributed by atoms with Crippen molar-refractivity contribution in [3.05, 3.63) is 83.0 Å². The summed E-state index contributed by atoms with van der Waals surface area (Å²) in [6.07, 6.45) is 4.57. The Labute approximate surface area is 208 Å². The molecule has 3 aliphatic rings. The van der Waals surface area contributed by atoms with Crippen molar-refractivity contribution in [3.63, 3.8) is 0 Å². The van der Waals surface area contributed by atoms with Crippen LogP contribution in [-0.2, 0) is 22.6 Å². The topological polar surface area (TPSA) is 60.7 Å². The minimum atomic E-state index is -0.594. The van der Waals surface area contributed by atoms with E-state index >= 15 is 0 Å². The molecule has 8 heteroatoms. The molecule has 3 aliphatic heterocycles. The van der Waals surface area contributed by atoms with Crippen LogP contribution in [-0.4, -0.2) is 62.8 Å². The average Bonchev–Trinajstić information content (AvgIpc) is 3.37. The lowest BCUT2D eigenvalue weighted by molar-refractivity contribution is -0.428. The molecule has 0 spiro atoms. The minimum absolute atomic E-state index is 0.125. The molecule has 1 unspecified atom stereocenters. The van der Waals surface area contributed by atoms with E-state index in [4.69, 9.17) is 0 Å². The maximum absolute atomic E-state index is 14.2. The third-order valence-electron chi connectivity index (χ3n) is 6.90. The summed E-state index contributed by atoms with van der Waals surface area (Å²) in [4.78, 5) is 42.4. The summed E-state index contributed by atoms with van der Waals surface area (Å²) in [5, 5.41) is 1.17. The third-order valence-corrected chi connectivity index (χ3v) is 7.91. The van der Waals surface area contributed by atoms with Crippen molar-refractivity contribution in [3.8, 4) is 0 Å². The molecule has 0 aliphatic carbocycles. The van der Waals surface area contributed by atoms with Crippen LogP contribution in [0, 0.1) is 11.7 Å².